The van der Waals surface area contributed by atoms with Crippen molar-refractivity contribution < 1.29 is 4.74 Å². The molecular weight excluding hydrogens is 190 g/mol. The first-order valence-electron chi connectivity index (χ1n) is 5.44. The van der Waals surface area contributed by atoms with Gasteiger partial charge in [0.15, 0.2) is 0 Å². The molecule has 2 heterocycles. The lowest BCUT2D eigenvalue weighted by Crippen LogP contribution is -2.35. The van der Waals surface area contributed by atoms with Gasteiger partial charge in [0.1, 0.15) is 5.82 Å². The van der Waals surface area contributed by atoms with Crippen LogP contribution in [0.5, 0.6) is 0 Å². The van der Waals surface area contributed by atoms with Crippen molar-refractivity contribution in [1.82, 2.24) is 15.3 Å². The number of nitrogens with one attached hydrogen (secondary N) is 2. The van der Waals surface area contributed by atoms with E-state index in [1.807, 2.05) is 6.20 Å². The van der Waals surface area contributed by atoms with Gasteiger partial charge in [0, 0.05) is 23.9 Å². The van der Waals surface area contributed by atoms with E-state index in [-0.39, 0.29) is 11.5 Å². The number of nitrogens with zero attached hydrogens (tertiary/aromatic N) is 1. The van der Waals surface area contributed by atoms with Crippen LogP contribution in [0.15, 0.2) is 6.20 Å². The Balaban J connectivity index is 2.12. The van der Waals surface area contributed by atoms with E-state index in [9.17, 15) is 0 Å². The quantitative estimate of drug-likeness (QED) is 0.734. The van der Waals surface area contributed by atoms with E-state index in [2.05, 4.69) is 36.1 Å². The number of morpholine rings is 1. The Bertz CT molecular complexity index is 321. The van der Waals surface area contributed by atoms with Gasteiger partial charge in [0.25, 0.3) is 0 Å². The summed E-state index contributed by atoms with van der Waals surface area (Å²) in [7, 11) is 0. The Hall–Kier alpha value is -0.870. The molecule has 1 atom stereocenters. The molecule has 0 spiro atoms. The van der Waals surface area contributed by atoms with Crippen LogP contribution in [0, 0.1) is 0 Å². The second kappa shape index (κ2) is 3.94. The highest BCUT2D eigenvalue weighted by molar-refractivity contribution is 5.13. The van der Waals surface area contributed by atoms with E-state index in [1.54, 1.807) is 0 Å². The second-order valence-corrected chi connectivity index (χ2v) is 5.01. The number of hydrogen-bond donors (Lipinski definition) is 2. The number of rotatable bonds is 1. The summed E-state index contributed by atoms with van der Waals surface area (Å²) in [4.78, 5) is 7.78. The highest BCUT2D eigenvalue weighted by Crippen LogP contribution is 2.22. The van der Waals surface area contributed by atoms with Gasteiger partial charge in [-0.3, -0.25) is 0 Å². The van der Waals surface area contributed by atoms with Crippen LogP contribution in [0.1, 0.15) is 38.3 Å². The molecule has 1 aromatic rings. The molecule has 15 heavy (non-hydrogen) atoms. The molecule has 2 rings (SSSR count). The molecule has 0 aromatic carbocycles. The molecule has 2 N–H and O–H groups in total. The Labute approximate surface area is 90.4 Å². The molecule has 1 aliphatic heterocycles. The fraction of sp³-hybridized carbons (Fsp3) is 0.727. The fourth-order valence-corrected chi connectivity index (χ4v) is 1.64. The van der Waals surface area contributed by atoms with Crippen molar-refractivity contribution in [3.05, 3.63) is 17.7 Å². The number of hydrogen-bond acceptors (Lipinski definition) is 3. The molecular formula is C11H19N3O. The first kappa shape index (κ1) is 10.6. The molecule has 4 heteroatoms. The molecule has 0 aliphatic carbocycles. The van der Waals surface area contributed by atoms with Gasteiger partial charge in [0.2, 0.25) is 0 Å². The lowest BCUT2D eigenvalue weighted by molar-refractivity contribution is 0.0744. The molecule has 0 amide bonds. The van der Waals surface area contributed by atoms with Crippen molar-refractivity contribution in [1.29, 1.82) is 0 Å². The third kappa shape index (κ3) is 2.38. The van der Waals surface area contributed by atoms with Gasteiger partial charge in [-0.05, 0) is 0 Å². The van der Waals surface area contributed by atoms with Crippen LogP contribution >= 0.6 is 0 Å². The highest BCUT2D eigenvalue weighted by atomic mass is 16.5. The normalized spacial score (nSPS) is 23.0. The number of H-pyrrole nitrogens is 1. The minimum atomic E-state index is 0.126. The summed E-state index contributed by atoms with van der Waals surface area (Å²) in [6.07, 6.45) is 1.92. The van der Waals surface area contributed by atoms with Crippen LogP contribution in [-0.2, 0) is 10.2 Å². The molecule has 1 aliphatic rings. The van der Waals surface area contributed by atoms with Crippen molar-refractivity contribution in [2.75, 3.05) is 19.8 Å². The van der Waals surface area contributed by atoms with Crippen LogP contribution in [-0.4, -0.2) is 29.7 Å². The summed E-state index contributed by atoms with van der Waals surface area (Å²) >= 11 is 0. The summed E-state index contributed by atoms with van der Waals surface area (Å²) in [5.74, 6) is 0.986. The smallest absolute Gasteiger partial charge is 0.125 e. The molecule has 0 radical (unpaired) electrons. The number of aromatic amines is 1. The predicted octanol–water partition coefficient (Wildman–Crippen LogP) is 1.37. The van der Waals surface area contributed by atoms with Gasteiger partial charge in [-0.15, -0.1) is 0 Å². The van der Waals surface area contributed by atoms with E-state index in [0.717, 1.165) is 19.0 Å². The molecule has 1 aromatic heterocycles. The van der Waals surface area contributed by atoms with Crippen LogP contribution in [0.3, 0.4) is 0 Å². The average molecular weight is 209 g/mol. The lowest BCUT2D eigenvalue weighted by atomic mass is 9.93. The zero-order chi connectivity index (χ0) is 10.9. The topological polar surface area (TPSA) is 49.9 Å². The van der Waals surface area contributed by atoms with Crippen molar-refractivity contribution in [2.45, 2.75) is 32.2 Å². The SMILES string of the molecule is CC(C)(C)c1cnc(C2COCCN2)[nH]1. The number of imidazole rings is 1. The van der Waals surface area contributed by atoms with Gasteiger partial charge >= 0.3 is 0 Å². The van der Waals surface area contributed by atoms with Crippen molar-refractivity contribution in [3.63, 3.8) is 0 Å². The minimum absolute atomic E-state index is 0.126. The second-order valence-electron chi connectivity index (χ2n) is 5.01. The Morgan fingerprint density at radius 3 is 2.80 bits per heavy atom. The molecule has 4 nitrogen and oxygen atoms in total. The van der Waals surface area contributed by atoms with E-state index in [0.29, 0.717) is 6.61 Å². The van der Waals surface area contributed by atoms with Crippen molar-refractivity contribution >= 4 is 0 Å². The third-order valence-electron chi connectivity index (χ3n) is 2.66. The molecule has 1 saturated heterocycles. The van der Waals surface area contributed by atoms with Crippen LogP contribution in [0.4, 0.5) is 0 Å². The maximum atomic E-state index is 5.41. The zero-order valence-electron chi connectivity index (χ0n) is 9.63. The standard InChI is InChI=1S/C11H19N3O/c1-11(2,3)9-6-13-10(14-9)8-7-15-5-4-12-8/h6,8,12H,4-5,7H2,1-3H3,(H,13,14). The van der Waals surface area contributed by atoms with Crippen molar-refractivity contribution in [2.24, 2.45) is 0 Å². The number of ether oxygens (including phenoxy) is 1. The van der Waals surface area contributed by atoms with E-state index < -0.39 is 0 Å². The Morgan fingerprint density at radius 2 is 2.27 bits per heavy atom. The fourth-order valence-electron chi connectivity index (χ4n) is 1.64. The third-order valence-corrected chi connectivity index (χ3v) is 2.66. The molecule has 1 unspecified atom stereocenters. The van der Waals surface area contributed by atoms with Gasteiger partial charge in [-0.2, -0.15) is 0 Å². The monoisotopic (exact) mass is 209 g/mol. The lowest BCUT2D eigenvalue weighted by Gasteiger charge is -2.22. The van der Waals surface area contributed by atoms with Gasteiger partial charge in [0.05, 0.1) is 19.3 Å². The highest BCUT2D eigenvalue weighted by Gasteiger charge is 2.21. The summed E-state index contributed by atoms with van der Waals surface area (Å²) < 4.78 is 5.41. The summed E-state index contributed by atoms with van der Waals surface area (Å²) in [6, 6.07) is 0.217. The van der Waals surface area contributed by atoms with E-state index in [1.165, 1.54) is 5.69 Å². The maximum Gasteiger partial charge on any atom is 0.125 e. The molecule has 0 bridgehead atoms. The number of aromatic nitrogens is 2. The van der Waals surface area contributed by atoms with Crippen LogP contribution < -0.4 is 5.32 Å². The summed E-state index contributed by atoms with van der Waals surface area (Å²) in [5.41, 5.74) is 1.30. The molecule has 84 valence electrons. The minimum Gasteiger partial charge on any atom is -0.378 e. The molecule has 1 fully saturated rings. The van der Waals surface area contributed by atoms with Crippen molar-refractivity contribution in [3.8, 4) is 0 Å². The van der Waals surface area contributed by atoms with Crippen LogP contribution in [0.25, 0.3) is 0 Å². The largest absolute Gasteiger partial charge is 0.378 e. The summed E-state index contributed by atoms with van der Waals surface area (Å²) in [6.45, 7) is 8.93. The van der Waals surface area contributed by atoms with Gasteiger partial charge in [-0.25, -0.2) is 4.98 Å². The van der Waals surface area contributed by atoms with Gasteiger partial charge < -0.3 is 15.0 Å². The van der Waals surface area contributed by atoms with E-state index >= 15 is 0 Å². The summed E-state index contributed by atoms with van der Waals surface area (Å²) in [5, 5.41) is 3.38. The average Bonchev–Trinajstić information content (AvgIpc) is 2.67. The first-order chi connectivity index (χ1) is 7.07. The van der Waals surface area contributed by atoms with E-state index in [4.69, 9.17) is 4.74 Å². The predicted molar refractivity (Wildman–Crippen MR) is 58.9 cm³/mol. The maximum absolute atomic E-state index is 5.41. The van der Waals surface area contributed by atoms with Crippen LogP contribution in [0.2, 0.25) is 0 Å². The Kier molecular flexibility index (Phi) is 2.80. The van der Waals surface area contributed by atoms with Gasteiger partial charge in [-0.1, -0.05) is 20.8 Å². The Morgan fingerprint density at radius 1 is 1.47 bits per heavy atom. The zero-order valence-corrected chi connectivity index (χ0v) is 9.63. The molecule has 0 saturated carbocycles. The first-order valence-corrected chi connectivity index (χ1v) is 5.44.